The lowest BCUT2D eigenvalue weighted by Gasteiger charge is -2.32. The smallest absolute Gasteiger partial charge is 0.317 e. The molecule has 0 aromatic rings. The van der Waals surface area contributed by atoms with Gasteiger partial charge in [0.25, 0.3) is 0 Å². The monoisotopic (exact) mass is 775 g/mol. The second-order valence-electron chi connectivity index (χ2n) is 12.9. The van der Waals surface area contributed by atoms with Gasteiger partial charge in [0.1, 0.15) is 12.1 Å². The van der Waals surface area contributed by atoms with E-state index in [1.54, 1.807) is 23.8 Å². The van der Waals surface area contributed by atoms with E-state index in [1.807, 2.05) is 9.80 Å². The van der Waals surface area contributed by atoms with Crippen LogP contribution in [-0.2, 0) is 47.7 Å². The van der Waals surface area contributed by atoms with E-state index in [0.29, 0.717) is 118 Å². The minimum absolute atomic E-state index is 0.0712. The molecule has 1 rings (SSSR count). The molecule has 54 heavy (non-hydrogen) atoms. The molecule has 0 spiro atoms. The molecule has 1 saturated heterocycles. The van der Waals surface area contributed by atoms with Gasteiger partial charge in [-0.3, -0.25) is 43.6 Å². The summed E-state index contributed by atoms with van der Waals surface area (Å²) in [4.78, 5) is 77.4. The molecule has 19 nitrogen and oxygen atoms in total. The van der Waals surface area contributed by atoms with Crippen molar-refractivity contribution < 1.29 is 57.9 Å². The molecule has 0 radical (unpaired) electrons. The van der Waals surface area contributed by atoms with Crippen LogP contribution in [0.3, 0.4) is 0 Å². The Bertz CT molecular complexity index is 1070. The van der Waals surface area contributed by atoms with Crippen LogP contribution in [0.1, 0.15) is 32.6 Å². The highest BCUT2D eigenvalue weighted by Crippen LogP contribution is 2.02. The highest BCUT2D eigenvalue weighted by atomic mass is 16.6. The minimum Gasteiger partial charge on any atom is -0.480 e. The van der Waals surface area contributed by atoms with Crippen LogP contribution in [0.4, 0.5) is 0 Å². The SMILES string of the molecule is CNC(CCCCNC(=O)CCOCCOCCOCCOCCNC(=O)CN1CCN(CC=O)CCN(CC(=O)O)CCN(CC(=O)O)CC1)C(C)=O. The normalized spacial score (nSPS) is 16.2. The van der Waals surface area contributed by atoms with Crippen molar-refractivity contribution in [1.29, 1.82) is 0 Å². The van der Waals surface area contributed by atoms with Crippen molar-refractivity contribution in [3.63, 3.8) is 0 Å². The van der Waals surface area contributed by atoms with Gasteiger partial charge in [-0.15, -0.1) is 0 Å². The molecule has 0 aromatic heterocycles. The van der Waals surface area contributed by atoms with Crippen molar-refractivity contribution in [1.82, 2.24) is 35.6 Å². The molecular formula is C35H65N7O12. The number of hydrogen-bond donors (Lipinski definition) is 5. The summed E-state index contributed by atoms with van der Waals surface area (Å²) >= 11 is 0. The first-order valence-corrected chi connectivity index (χ1v) is 18.8. The fraction of sp³-hybridized carbons (Fsp3) is 0.829. The van der Waals surface area contributed by atoms with E-state index in [4.69, 9.17) is 18.9 Å². The van der Waals surface area contributed by atoms with Gasteiger partial charge in [-0.2, -0.15) is 0 Å². The van der Waals surface area contributed by atoms with Gasteiger partial charge in [0.15, 0.2) is 0 Å². The maximum Gasteiger partial charge on any atom is 0.317 e. The first kappa shape index (κ1) is 48.9. The number of carbonyl (C=O) groups is 6. The average Bonchev–Trinajstić information content (AvgIpc) is 3.11. The van der Waals surface area contributed by atoms with Gasteiger partial charge in [0, 0.05) is 71.9 Å². The molecule has 1 unspecified atom stereocenters. The minimum atomic E-state index is -0.987. The Morgan fingerprint density at radius 1 is 0.611 bits per heavy atom. The predicted molar refractivity (Wildman–Crippen MR) is 198 cm³/mol. The summed E-state index contributed by atoms with van der Waals surface area (Å²) in [6.45, 7) is 8.50. The highest BCUT2D eigenvalue weighted by molar-refractivity contribution is 5.81. The topological polar surface area (TPSA) is 229 Å². The zero-order valence-electron chi connectivity index (χ0n) is 32.3. The number of amides is 2. The third-order valence-corrected chi connectivity index (χ3v) is 8.59. The second-order valence-corrected chi connectivity index (χ2v) is 12.9. The van der Waals surface area contributed by atoms with E-state index >= 15 is 0 Å². The van der Waals surface area contributed by atoms with Gasteiger partial charge in [-0.1, -0.05) is 0 Å². The summed E-state index contributed by atoms with van der Waals surface area (Å²) < 4.78 is 21.9. The number of aldehydes is 1. The molecule has 0 saturated carbocycles. The zero-order chi connectivity index (χ0) is 39.8. The van der Waals surface area contributed by atoms with Crippen LogP contribution < -0.4 is 16.0 Å². The summed E-state index contributed by atoms with van der Waals surface area (Å²) in [5, 5.41) is 27.3. The average molecular weight is 776 g/mol. The lowest BCUT2D eigenvalue weighted by atomic mass is 10.1. The maximum absolute atomic E-state index is 12.7. The maximum atomic E-state index is 12.7. The standard InChI is InChI=1S/C35H65N7O12/c1-30(44)31(36-2)5-3-4-7-37-32(45)6-19-51-21-23-53-25-26-54-24-22-52-20-8-38-33(46)27-40-11-9-39(17-18-43)10-12-41(28-34(47)48)15-16-42(14-13-40)29-35(49)50/h18,31,36H,3-17,19-29H2,1-2H3,(H,37,45)(H,38,46)(H,47,48)(H,49,50). The van der Waals surface area contributed by atoms with Crippen LogP contribution >= 0.6 is 0 Å². The Kier molecular flexibility index (Phi) is 29.1. The molecule has 1 aliphatic rings. The van der Waals surface area contributed by atoms with Crippen LogP contribution in [0.5, 0.6) is 0 Å². The van der Waals surface area contributed by atoms with E-state index in [2.05, 4.69) is 16.0 Å². The van der Waals surface area contributed by atoms with Gasteiger partial charge >= 0.3 is 11.9 Å². The summed E-state index contributed by atoms with van der Waals surface area (Å²) in [6, 6.07) is -0.130. The lowest BCUT2D eigenvalue weighted by molar-refractivity contribution is -0.140. The fourth-order valence-corrected chi connectivity index (χ4v) is 5.51. The van der Waals surface area contributed by atoms with Crippen LogP contribution in [0, 0.1) is 0 Å². The molecule has 1 atom stereocenters. The molecule has 1 fully saturated rings. The summed E-state index contributed by atoms with van der Waals surface area (Å²) in [5.74, 6) is -2.12. The van der Waals surface area contributed by atoms with Gasteiger partial charge in [-0.05, 0) is 33.2 Å². The third-order valence-electron chi connectivity index (χ3n) is 8.59. The Morgan fingerprint density at radius 3 is 1.52 bits per heavy atom. The van der Waals surface area contributed by atoms with Crippen molar-refractivity contribution in [2.24, 2.45) is 0 Å². The number of Topliss-reactive ketones (excluding diaryl/α,β-unsaturated/α-hetero) is 1. The highest BCUT2D eigenvalue weighted by Gasteiger charge is 2.20. The molecular weight excluding hydrogens is 710 g/mol. The number of carboxylic acids is 2. The van der Waals surface area contributed by atoms with Crippen molar-refractivity contribution in [3.8, 4) is 0 Å². The molecule has 1 heterocycles. The molecule has 0 aromatic carbocycles. The van der Waals surface area contributed by atoms with Gasteiger partial charge < -0.3 is 49.9 Å². The molecule has 312 valence electrons. The van der Waals surface area contributed by atoms with Crippen molar-refractivity contribution in [2.75, 3.05) is 152 Å². The molecule has 2 amide bonds. The number of nitrogens with zero attached hydrogens (tertiary/aromatic N) is 4. The summed E-state index contributed by atoms with van der Waals surface area (Å²) in [5.41, 5.74) is 0. The largest absolute Gasteiger partial charge is 0.480 e. The number of ketones is 1. The Morgan fingerprint density at radius 2 is 1.06 bits per heavy atom. The zero-order valence-corrected chi connectivity index (χ0v) is 32.3. The van der Waals surface area contributed by atoms with Crippen molar-refractivity contribution >= 4 is 35.8 Å². The predicted octanol–water partition coefficient (Wildman–Crippen LogP) is -2.39. The van der Waals surface area contributed by atoms with E-state index < -0.39 is 11.9 Å². The van der Waals surface area contributed by atoms with Crippen LogP contribution in [0.15, 0.2) is 0 Å². The Balaban J connectivity index is 2.15. The van der Waals surface area contributed by atoms with E-state index in [1.165, 1.54) is 0 Å². The van der Waals surface area contributed by atoms with Gasteiger partial charge in [0.05, 0.1) is 85.1 Å². The molecule has 0 aliphatic carbocycles. The number of unbranched alkanes of at least 4 members (excludes halogenated alkanes) is 1. The third kappa shape index (κ3) is 27.4. The number of likely N-dealkylation sites (N-methyl/N-ethyl adjacent to an activating group) is 1. The molecule has 19 heteroatoms. The van der Waals surface area contributed by atoms with Crippen LogP contribution in [-0.4, -0.2) is 223 Å². The van der Waals surface area contributed by atoms with Crippen molar-refractivity contribution in [2.45, 2.75) is 38.6 Å². The van der Waals surface area contributed by atoms with E-state index in [-0.39, 0.29) is 56.2 Å². The number of aliphatic carboxylic acids is 2. The lowest BCUT2D eigenvalue weighted by Crippen LogP contribution is -2.49. The second kappa shape index (κ2) is 32.1. The summed E-state index contributed by atoms with van der Waals surface area (Å²) in [7, 11) is 1.77. The van der Waals surface area contributed by atoms with Gasteiger partial charge in [-0.25, -0.2) is 0 Å². The quantitative estimate of drug-likeness (QED) is 0.0379. The number of ether oxygens (including phenoxy) is 4. The fourth-order valence-electron chi connectivity index (χ4n) is 5.51. The number of hydrogen-bond acceptors (Lipinski definition) is 15. The molecule has 1 aliphatic heterocycles. The van der Waals surface area contributed by atoms with Crippen molar-refractivity contribution in [3.05, 3.63) is 0 Å². The first-order valence-electron chi connectivity index (χ1n) is 18.8. The van der Waals surface area contributed by atoms with Gasteiger partial charge in [0.2, 0.25) is 11.8 Å². The number of rotatable bonds is 30. The molecule has 0 bridgehead atoms. The number of carbonyl (C=O) groups excluding carboxylic acids is 4. The van der Waals surface area contributed by atoms with E-state index in [9.17, 15) is 39.0 Å². The molecule has 5 N–H and O–H groups in total. The Hall–Kier alpha value is -3.14. The first-order chi connectivity index (χ1) is 26.0. The number of nitrogens with one attached hydrogen (secondary N) is 3. The number of carboxylic acid groups (broad SMARTS) is 2. The van der Waals surface area contributed by atoms with Crippen LogP contribution in [0.2, 0.25) is 0 Å². The Labute approximate surface area is 319 Å². The van der Waals surface area contributed by atoms with Crippen LogP contribution in [0.25, 0.3) is 0 Å². The summed E-state index contributed by atoms with van der Waals surface area (Å²) in [6.07, 6.45) is 3.49. The van der Waals surface area contributed by atoms with E-state index in [0.717, 1.165) is 25.5 Å².